The van der Waals surface area contributed by atoms with E-state index in [1.165, 1.54) is 26.0 Å². The van der Waals surface area contributed by atoms with Crippen LogP contribution in [0.25, 0.3) is 6.08 Å². The van der Waals surface area contributed by atoms with Crippen LogP contribution in [0.1, 0.15) is 28.8 Å². The number of amides is 1. The summed E-state index contributed by atoms with van der Waals surface area (Å²) >= 11 is 0. The van der Waals surface area contributed by atoms with Crippen LogP contribution in [0.2, 0.25) is 0 Å². The molecule has 0 aromatic heterocycles. The molecule has 5 nitrogen and oxygen atoms in total. The van der Waals surface area contributed by atoms with E-state index in [1.54, 1.807) is 18.2 Å². The molecule has 1 aromatic rings. The molecule has 0 bridgehead atoms. The van der Waals surface area contributed by atoms with Crippen LogP contribution in [0, 0.1) is 5.92 Å². The molecule has 1 aliphatic carbocycles. The molecule has 20 heavy (non-hydrogen) atoms. The number of benzene rings is 1. The summed E-state index contributed by atoms with van der Waals surface area (Å²) in [6.07, 6.45) is 4.79. The van der Waals surface area contributed by atoms with Crippen molar-refractivity contribution in [3.63, 3.8) is 0 Å². The van der Waals surface area contributed by atoms with Crippen molar-refractivity contribution >= 4 is 18.0 Å². The van der Waals surface area contributed by atoms with Crippen molar-refractivity contribution in [1.29, 1.82) is 0 Å². The number of aliphatic carboxylic acids is 1. The van der Waals surface area contributed by atoms with E-state index in [1.807, 2.05) is 0 Å². The second kappa shape index (κ2) is 6.23. The number of rotatable bonds is 6. The molecule has 0 saturated heterocycles. The molecular weight excluding hydrogens is 258 g/mol. The fourth-order valence-electron chi connectivity index (χ4n) is 1.83. The highest BCUT2D eigenvalue weighted by Crippen LogP contribution is 2.27. The molecule has 2 rings (SSSR count). The Hall–Kier alpha value is -2.30. The fraction of sp³-hybridized carbons (Fsp3) is 0.333. The lowest BCUT2D eigenvalue weighted by atomic mass is 10.1. The van der Waals surface area contributed by atoms with E-state index in [-0.39, 0.29) is 5.91 Å². The second-order valence-electron chi connectivity index (χ2n) is 4.78. The Morgan fingerprint density at radius 1 is 1.45 bits per heavy atom. The number of ether oxygens (including phenoxy) is 1. The lowest BCUT2D eigenvalue weighted by molar-refractivity contribution is -0.131. The molecule has 0 heterocycles. The SMILES string of the molecule is COc1ccc(C(=O)NCC2CC2)cc1C=CC(=O)O. The van der Waals surface area contributed by atoms with Crippen LogP contribution in [0.5, 0.6) is 5.75 Å². The van der Waals surface area contributed by atoms with Crippen molar-refractivity contribution in [1.82, 2.24) is 5.32 Å². The van der Waals surface area contributed by atoms with Gasteiger partial charge in [-0.15, -0.1) is 0 Å². The van der Waals surface area contributed by atoms with Gasteiger partial charge >= 0.3 is 5.97 Å². The number of carbonyl (C=O) groups is 2. The van der Waals surface area contributed by atoms with Gasteiger partial charge in [-0.1, -0.05) is 0 Å². The molecule has 1 aliphatic rings. The Bertz CT molecular complexity index is 547. The van der Waals surface area contributed by atoms with Gasteiger partial charge < -0.3 is 15.2 Å². The molecule has 1 aromatic carbocycles. The molecular formula is C15H17NO4. The Morgan fingerprint density at radius 3 is 2.80 bits per heavy atom. The van der Waals surface area contributed by atoms with Gasteiger partial charge in [0, 0.05) is 23.7 Å². The highest BCUT2D eigenvalue weighted by Gasteiger charge is 2.22. The molecule has 0 aliphatic heterocycles. The summed E-state index contributed by atoms with van der Waals surface area (Å²) in [6.45, 7) is 0.700. The largest absolute Gasteiger partial charge is 0.496 e. The Kier molecular flexibility index (Phi) is 4.40. The van der Waals surface area contributed by atoms with Gasteiger partial charge in [-0.3, -0.25) is 4.79 Å². The highest BCUT2D eigenvalue weighted by molar-refractivity contribution is 5.95. The predicted molar refractivity (Wildman–Crippen MR) is 74.7 cm³/mol. The van der Waals surface area contributed by atoms with Gasteiger partial charge in [-0.05, 0) is 43.0 Å². The maximum atomic E-state index is 12.0. The summed E-state index contributed by atoms with van der Waals surface area (Å²) in [6, 6.07) is 4.95. The zero-order chi connectivity index (χ0) is 14.5. The summed E-state index contributed by atoms with van der Waals surface area (Å²) in [5, 5.41) is 11.5. The minimum Gasteiger partial charge on any atom is -0.496 e. The number of carboxylic acid groups (broad SMARTS) is 1. The number of hydrogen-bond acceptors (Lipinski definition) is 3. The molecule has 1 saturated carbocycles. The van der Waals surface area contributed by atoms with Crippen molar-refractivity contribution in [2.45, 2.75) is 12.8 Å². The molecule has 0 radical (unpaired) electrons. The normalized spacial score (nSPS) is 14.2. The lowest BCUT2D eigenvalue weighted by Crippen LogP contribution is -2.25. The average molecular weight is 275 g/mol. The van der Waals surface area contributed by atoms with Crippen molar-refractivity contribution < 1.29 is 19.4 Å². The Morgan fingerprint density at radius 2 is 2.20 bits per heavy atom. The first-order chi connectivity index (χ1) is 9.60. The smallest absolute Gasteiger partial charge is 0.328 e. The molecule has 2 N–H and O–H groups in total. The summed E-state index contributed by atoms with van der Waals surface area (Å²) in [4.78, 5) is 22.5. The topological polar surface area (TPSA) is 75.6 Å². The van der Waals surface area contributed by atoms with Crippen LogP contribution in [-0.2, 0) is 4.79 Å². The Labute approximate surface area is 117 Å². The van der Waals surface area contributed by atoms with E-state index in [0.717, 1.165) is 6.08 Å². The standard InChI is InChI=1S/C15H17NO4/c1-20-13-6-4-12(8-11(13)5-7-14(17)18)15(19)16-9-10-2-3-10/h4-8,10H,2-3,9H2,1H3,(H,16,19)(H,17,18). The molecule has 0 atom stereocenters. The third-order valence-corrected chi connectivity index (χ3v) is 3.15. The number of nitrogens with one attached hydrogen (secondary N) is 1. The van der Waals surface area contributed by atoms with Crippen molar-refractivity contribution in [3.05, 3.63) is 35.4 Å². The van der Waals surface area contributed by atoms with Crippen molar-refractivity contribution in [3.8, 4) is 5.75 Å². The van der Waals surface area contributed by atoms with Crippen LogP contribution < -0.4 is 10.1 Å². The number of carboxylic acids is 1. The zero-order valence-electron chi connectivity index (χ0n) is 11.3. The molecule has 1 fully saturated rings. The first-order valence-electron chi connectivity index (χ1n) is 6.47. The van der Waals surface area contributed by atoms with Gasteiger partial charge in [0.05, 0.1) is 7.11 Å². The molecule has 0 spiro atoms. The van der Waals surface area contributed by atoms with E-state index in [4.69, 9.17) is 9.84 Å². The van der Waals surface area contributed by atoms with Gasteiger partial charge in [0.15, 0.2) is 0 Å². The third kappa shape index (κ3) is 3.85. The summed E-state index contributed by atoms with van der Waals surface area (Å²) in [5.41, 5.74) is 1.06. The van der Waals surface area contributed by atoms with Crippen LogP contribution in [-0.4, -0.2) is 30.6 Å². The summed E-state index contributed by atoms with van der Waals surface area (Å²) in [7, 11) is 1.50. The zero-order valence-corrected chi connectivity index (χ0v) is 11.3. The highest BCUT2D eigenvalue weighted by atomic mass is 16.5. The van der Waals surface area contributed by atoms with Gasteiger partial charge in [-0.2, -0.15) is 0 Å². The summed E-state index contributed by atoms with van der Waals surface area (Å²) < 4.78 is 5.14. The van der Waals surface area contributed by atoms with E-state index < -0.39 is 5.97 Å². The van der Waals surface area contributed by atoms with E-state index in [0.29, 0.717) is 29.3 Å². The molecule has 1 amide bonds. The number of hydrogen-bond donors (Lipinski definition) is 2. The van der Waals surface area contributed by atoms with E-state index >= 15 is 0 Å². The quantitative estimate of drug-likeness (QED) is 0.778. The summed E-state index contributed by atoms with van der Waals surface area (Å²) in [5.74, 6) is -0.0509. The van der Waals surface area contributed by atoms with Gasteiger partial charge in [-0.25, -0.2) is 4.79 Å². The van der Waals surface area contributed by atoms with E-state index in [9.17, 15) is 9.59 Å². The van der Waals surface area contributed by atoms with Crippen molar-refractivity contribution in [2.75, 3.05) is 13.7 Å². The molecule has 5 heteroatoms. The van der Waals surface area contributed by atoms with Crippen LogP contribution in [0.3, 0.4) is 0 Å². The molecule has 106 valence electrons. The van der Waals surface area contributed by atoms with E-state index in [2.05, 4.69) is 5.32 Å². The third-order valence-electron chi connectivity index (χ3n) is 3.15. The monoisotopic (exact) mass is 275 g/mol. The Balaban J connectivity index is 2.14. The fourth-order valence-corrected chi connectivity index (χ4v) is 1.83. The number of carbonyl (C=O) groups excluding carboxylic acids is 1. The van der Waals surface area contributed by atoms with Gasteiger partial charge in [0.1, 0.15) is 5.75 Å². The average Bonchev–Trinajstić information content (AvgIpc) is 3.26. The van der Waals surface area contributed by atoms with Gasteiger partial charge in [0.25, 0.3) is 5.91 Å². The van der Waals surface area contributed by atoms with Crippen LogP contribution >= 0.6 is 0 Å². The number of methoxy groups -OCH3 is 1. The molecule has 0 unspecified atom stereocenters. The van der Waals surface area contributed by atoms with Crippen LogP contribution in [0.15, 0.2) is 24.3 Å². The first kappa shape index (κ1) is 14.1. The second-order valence-corrected chi connectivity index (χ2v) is 4.78. The van der Waals surface area contributed by atoms with Gasteiger partial charge in [0.2, 0.25) is 0 Å². The predicted octanol–water partition coefficient (Wildman–Crippen LogP) is 1.93. The maximum Gasteiger partial charge on any atom is 0.328 e. The van der Waals surface area contributed by atoms with Crippen molar-refractivity contribution in [2.24, 2.45) is 5.92 Å². The van der Waals surface area contributed by atoms with Crippen LogP contribution in [0.4, 0.5) is 0 Å². The maximum absolute atomic E-state index is 12.0. The first-order valence-corrected chi connectivity index (χ1v) is 6.47. The minimum absolute atomic E-state index is 0.149. The lowest BCUT2D eigenvalue weighted by Gasteiger charge is -2.08. The minimum atomic E-state index is -1.05.